The van der Waals surface area contributed by atoms with Crippen LogP contribution in [-0.2, 0) is 20.7 Å². The van der Waals surface area contributed by atoms with Gasteiger partial charge >= 0.3 is 5.97 Å². The second-order valence-corrected chi connectivity index (χ2v) is 8.64. The Kier molecular flexibility index (Phi) is 7.01. The molecule has 0 spiro atoms. The van der Waals surface area contributed by atoms with Gasteiger partial charge in [-0.3, -0.25) is 9.69 Å². The lowest BCUT2D eigenvalue weighted by Gasteiger charge is -2.18. The van der Waals surface area contributed by atoms with Crippen molar-refractivity contribution in [2.45, 2.75) is 18.6 Å². The number of carbonyl (C=O) groups excluding carboxylic acids is 2. The zero-order valence-corrected chi connectivity index (χ0v) is 18.6. The first-order valence-corrected chi connectivity index (χ1v) is 10.8. The molecule has 1 saturated heterocycles. The number of halogens is 2. The maximum Gasteiger partial charge on any atom is 0.351 e. The first-order valence-electron chi connectivity index (χ1n) is 8.76. The molecule has 0 unspecified atom stereocenters. The fourth-order valence-corrected chi connectivity index (χ4v) is 4.52. The standard InChI is InChI=1S/C21H16BrClN2O3S/c1-2-28-21(27)17(12-24)20-25(16-9-5-14(22)6-10-16)19(26)18(29-20)11-13-3-7-15(23)8-4-13/h3-10,18H,2,11H2,1H3/b20-17+/t18-/m1/s1. The number of hydrogen-bond donors (Lipinski definition) is 0. The number of amides is 1. The van der Waals surface area contributed by atoms with Crippen molar-refractivity contribution in [2.24, 2.45) is 0 Å². The maximum absolute atomic E-state index is 13.2. The molecule has 8 heteroatoms. The molecule has 2 aromatic carbocycles. The highest BCUT2D eigenvalue weighted by atomic mass is 79.9. The van der Waals surface area contributed by atoms with Crippen molar-refractivity contribution >= 4 is 56.9 Å². The van der Waals surface area contributed by atoms with E-state index in [2.05, 4.69) is 15.9 Å². The molecule has 1 heterocycles. The predicted molar refractivity (Wildman–Crippen MR) is 117 cm³/mol. The normalized spacial score (nSPS) is 17.8. The number of benzene rings is 2. The monoisotopic (exact) mass is 490 g/mol. The van der Waals surface area contributed by atoms with E-state index in [9.17, 15) is 14.9 Å². The van der Waals surface area contributed by atoms with Gasteiger partial charge in [-0.25, -0.2) is 4.79 Å². The van der Waals surface area contributed by atoms with Gasteiger partial charge in [-0.15, -0.1) is 0 Å². The minimum Gasteiger partial charge on any atom is -0.462 e. The summed E-state index contributed by atoms with van der Waals surface area (Å²) < 4.78 is 5.88. The van der Waals surface area contributed by atoms with E-state index < -0.39 is 11.2 Å². The van der Waals surface area contributed by atoms with E-state index >= 15 is 0 Å². The minimum atomic E-state index is -0.737. The van der Waals surface area contributed by atoms with Crippen LogP contribution in [0.15, 0.2) is 63.6 Å². The van der Waals surface area contributed by atoms with Gasteiger partial charge in [-0.2, -0.15) is 5.26 Å². The Morgan fingerprint density at radius 3 is 2.48 bits per heavy atom. The van der Waals surface area contributed by atoms with E-state index in [-0.39, 0.29) is 23.1 Å². The Morgan fingerprint density at radius 1 is 1.24 bits per heavy atom. The van der Waals surface area contributed by atoms with Crippen LogP contribution in [0, 0.1) is 11.3 Å². The third-order valence-electron chi connectivity index (χ3n) is 4.18. The molecule has 2 aromatic rings. The Bertz CT molecular complexity index is 1000. The van der Waals surface area contributed by atoms with E-state index in [0.717, 1.165) is 10.0 Å². The van der Waals surface area contributed by atoms with Crippen LogP contribution in [0.25, 0.3) is 0 Å². The van der Waals surface area contributed by atoms with Gasteiger partial charge in [0.05, 0.1) is 11.9 Å². The number of ether oxygens (including phenoxy) is 1. The zero-order chi connectivity index (χ0) is 21.0. The lowest BCUT2D eigenvalue weighted by molar-refractivity contribution is -0.138. The van der Waals surface area contributed by atoms with Crippen molar-refractivity contribution in [3.8, 4) is 6.07 Å². The summed E-state index contributed by atoms with van der Waals surface area (Å²) in [5.74, 6) is -0.932. The molecule has 148 valence electrons. The molecule has 0 aromatic heterocycles. The molecule has 3 rings (SSSR count). The largest absolute Gasteiger partial charge is 0.462 e. The first kappa shape index (κ1) is 21.4. The smallest absolute Gasteiger partial charge is 0.351 e. The van der Waals surface area contributed by atoms with E-state index in [0.29, 0.717) is 17.1 Å². The Morgan fingerprint density at radius 2 is 1.90 bits per heavy atom. The quantitative estimate of drug-likeness (QED) is 0.331. The van der Waals surface area contributed by atoms with Crippen molar-refractivity contribution in [3.05, 3.63) is 74.2 Å². The van der Waals surface area contributed by atoms with Gasteiger partial charge < -0.3 is 4.74 Å². The van der Waals surface area contributed by atoms with Crippen molar-refractivity contribution in [3.63, 3.8) is 0 Å². The van der Waals surface area contributed by atoms with Crippen LogP contribution in [-0.4, -0.2) is 23.7 Å². The summed E-state index contributed by atoms with van der Waals surface area (Å²) in [6, 6.07) is 16.3. The molecule has 0 N–H and O–H groups in total. The topological polar surface area (TPSA) is 70.4 Å². The van der Waals surface area contributed by atoms with Crippen LogP contribution in [0.1, 0.15) is 12.5 Å². The Hall–Kier alpha value is -2.27. The molecule has 1 aliphatic rings. The maximum atomic E-state index is 13.2. The third kappa shape index (κ3) is 4.84. The molecule has 1 aliphatic heterocycles. The molecule has 1 amide bonds. The number of anilines is 1. The van der Waals surface area contributed by atoms with E-state index in [1.165, 1.54) is 16.7 Å². The van der Waals surface area contributed by atoms with Gasteiger partial charge in [-0.1, -0.05) is 51.4 Å². The summed E-state index contributed by atoms with van der Waals surface area (Å²) in [6.07, 6.45) is 0.443. The lowest BCUT2D eigenvalue weighted by Crippen LogP contribution is -2.30. The summed E-state index contributed by atoms with van der Waals surface area (Å²) in [4.78, 5) is 27.0. The van der Waals surface area contributed by atoms with Crippen LogP contribution < -0.4 is 4.90 Å². The summed E-state index contributed by atoms with van der Waals surface area (Å²) in [5.41, 5.74) is 1.34. The molecule has 0 bridgehead atoms. The number of nitriles is 1. The molecule has 0 saturated carbocycles. The van der Waals surface area contributed by atoms with E-state index in [4.69, 9.17) is 16.3 Å². The summed E-state index contributed by atoms with van der Waals surface area (Å²) in [5, 5.41) is 10.0. The number of thioether (sulfide) groups is 1. The fraction of sp³-hybridized carbons (Fsp3) is 0.190. The summed E-state index contributed by atoms with van der Waals surface area (Å²) in [7, 11) is 0. The Balaban J connectivity index is 2.02. The van der Waals surface area contributed by atoms with Gasteiger partial charge in [0, 0.05) is 15.2 Å². The molecule has 0 aliphatic carbocycles. The molecule has 0 radical (unpaired) electrons. The highest BCUT2D eigenvalue weighted by Gasteiger charge is 2.41. The molecule has 1 fully saturated rings. The predicted octanol–water partition coefficient (Wildman–Crippen LogP) is 5.09. The van der Waals surface area contributed by atoms with E-state index in [1.54, 1.807) is 43.3 Å². The van der Waals surface area contributed by atoms with Crippen LogP contribution >= 0.6 is 39.3 Å². The minimum absolute atomic E-state index is 0.141. The van der Waals surface area contributed by atoms with Gasteiger partial charge in [-0.05, 0) is 55.3 Å². The molecule has 5 nitrogen and oxygen atoms in total. The molecular weight excluding hydrogens is 476 g/mol. The van der Waals surface area contributed by atoms with Gasteiger partial charge in [0.1, 0.15) is 11.1 Å². The van der Waals surface area contributed by atoms with Crippen molar-refractivity contribution in [1.29, 1.82) is 5.26 Å². The van der Waals surface area contributed by atoms with Crippen molar-refractivity contribution in [2.75, 3.05) is 11.5 Å². The van der Waals surface area contributed by atoms with Crippen LogP contribution in [0.5, 0.6) is 0 Å². The lowest BCUT2D eigenvalue weighted by atomic mass is 10.1. The molecular formula is C21H16BrClN2O3S. The SMILES string of the molecule is CCOC(=O)/C(C#N)=C1/S[C@H](Cc2ccc(Cl)cc2)C(=O)N1c1ccc(Br)cc1. The average molecular weight is 492 g/mol. The third-order valence-corrected chi connectivity index (χ3v) is 6.22. The van der Waals surface area contributed by atoms with Gasteiger partial charge in [0.25, 0.3) is 0 Å². The fourth-order valence-electron chi connectivity index (χ4n) is 2.83. The number of carbonyl (C=O) groups is 2. The van der Waals surface area contributed by atoms with Crippen LogP contribution in [0.2, 0.25) is 5.02 Å². The summed E-state index contributed by atoms with van der Waals surface area (Å²) >= 11 is 10.5. The number of rotatable bonds is 5. The molecule has 1 atom stereocenters. The number of hydrogen-bond acceptors (Lipinski definition) is 5. The highest BCUT2D eigenvalue weighted by Crippen LogP contribution is 2.42. The summed E-state index contributed by atoms with van der Waals surface area (Å²) in [6.45, 7) is 1.81. The first-order chi connectivity index (χ1) is 13.9. The van der Waals surface area contributed by atoms with Gasteiger partial charge in [0.2, 0.25) is 5.91 Å². The van der Waals surface area contributed by atoms with E-state index in [1.807, 2.05) is 18.2 Å². The van der Waals surface area contributed by atoms with Gasteiger partial charge in [0.15, 0.2) is 5.57 Å². The number of esters is 1. The molecule has 29 heavy (non-hydrogen) atoms. The van der Waals surface area contributed by atoms with Crippen LogP contribution in [0.4, 0.5) is 5.69 Å². The number of nitrogens with zero attached hydrogens (tertiary/aromatic N) is 2. The van der Waals surface area contributed by atoms with Crippen molar-refractivity contribution in [1.82, 2.24) is 0 Å². The highest BCUT2D eigenvalue weighted by molar-refractivity contribution is 9.10. The van der Waals surface area contributed by atoms with Crippen LogP contribution in [0.3, 0.4) is 0 Å². The average Bonchev–Trinajstić information content (AvgIpc) is 3.01. The second-order valence-electron chi connectivity index (χ2n) is 6.10. The van der Waals surface area contributed by atoms with Crippen molar-refractivity contribution < 1.29 is 14.3 Å². The second kappa shape index (κ2) is 9.49. The zero-order valence-electron chi connectivity index (χ0n) is 15.4. The Labute approximate surface area is 186 Å².